The van der Waals surface area contributed by atoms with Gasteiger partial charge in [-0.25, -0.2) is 4.39 Å². The molecule has 2 nitrogen and oxygen atoms in total. The minimum atomic E-state index is -4.93. The molecule has 104 valence electrons. The summed E-state index contributed by atoms with van der Waals surface area (Å²) in [4.78, 5) is 0. The van der Waals surface area contributed by atoms with Gasteiger partial charge >= 0.3 is 6.18 Å². The van der Waals surface area contributed by atoms with Gasteiger partial charge < -0.3 is 10.8 Å². The maximum atomic E-state index is 13.4. The summed E-state index contributed by atoms with van der Waals surface area (Å²) in [7, 11) is 0. The molecule has 0 heterocycles. The van der Waals surface area contributed by atoms with Crippen LogP contribution in [0.25, 0.3) is 0 Å². The smallest absolute Gasteiger partial charge is 0.382 e. The molecule has 0 saturated heterocycles. The van der Waals surface area contributed by atoms with E-state index >= 15 is 0 Å². The fourth-order valence-electron chi connectivity index (χ4n) is 1.35. The van der Waals surface area contributed by atoms with Crippen molar-refractivity contribution in [3.63, 3.8) is 0 Å². The van der Waals surface area contributed by atoms with Gasteiger partial charge in [0.2, 0.25) is 0 Å². The van der Waals surface area contributed by atoms with Crippen LogP contribution in [0.4, 0.5) is 17.6 Å². The van der Waals surface area contributed by atoms with Crippen molar-refractivity contribution in [2.75, 3.05) is 0 Å². The van der Waals surface area contributed by atoms with Gasteiger partial charge in [-0.1, -0.05) is 17.7 Å². The molecule has 0 unspecified atom stereocenters. The van der Waals surface area contributed by atoms with Gasteiger partial charge in [-0.3, -0.25) is 0 Å². The summed E-state index contributed by atoms with van der Waals surface area (Å²) in [5.74, 6) is -0.976. The molecule has 0 aliphatic heterocycles. The zero-order valence-corrected chi connectivity index (χ0v) is 10.7. The molecule has 0 aromatic heterocycles. The number of alkyl halides is 3. The summed E-state index contributed by atoms with van der Waals surface area (Å²) in [5, 5.41) is 8.76. The van der Waals surface area contributed by atoms with Gasteiger partial charge in [0.25, 0.3) is 0 Å². The quantitative estimate of drug-likeness (QED) is 0.825. The normalized spacial score (nSPS) is 14.9. The highest BCUT2D eigenvalue weighted by Gasteiger charge is 2.44. The third-order valence-electron chi connectivity index (χ3n) is 2.33. The summed E-state index contributed by atoms with van der Waals surface area (Å²) < 4.78 is 50.1. The van der Waals surface area contributed by atoms with Crippen molar-refractivity contribution < 1.29 is 22.7 Å². The summed E-state index contributed by atoms with van der Waals surface area (Å²) >= 11 is 5.69. The van der Waals surface area contributed by atoms with Crippen LogP contribution in [0.5, 0.6) is 0 Å². The van der Waals surface area contributed by atoms with Crippen LogP contribution in [0.1, 0.15) is 17.2 Å². The number of hydrogen-bond donors (Lipinski definition) is 2. The first-order chi connectivity index (χ1) is 7.66. The van der Waals surface area contributed by atoms with E-state index in [9.17, 15) is 17.6 Å². The van der Waals surface area contributed by atoms with Crippen LogP contribution < -0.4 is 5.73 Å². The van der Waals surface area contributed by atoms with Crippen LogP contribution >= 0.6 is 24.0 Å². The van der Waals surface area contributed by atoms with Crippen molar-refractivity contribution in [3.05, 3.63) is 34.1 Å². The van der Waals surface area contributed by atoms with Gasteiger partial charge in [0.15, 0.2) is 6.10 Å². The highest BCUT2D eigenvalue weighted by atomic mass is 35.5. The van der Waals surface area contributed by atoms with Crippen molar-refractivity contribution in [1.82, 2.24) is 0 Å². The summed E-state index contributed by atoms with van der Waals surface area (Å²) in [6.45, 7) is 1.50. The first kappa shape index (κ1) is 17.4. The number of aryl methyl sites for hydroxylation is 1. The molecule has 0 fully saturated rings. The average molecular weight is 308 g/mol. The first-order valence-corrected chi connectivity index (χ1v) is 4.99. The Balaban J connectivity index is 0.00000289. The highest BCUT2D eigenvalue weighted by molar-refractivity contribution is 6.32. The van der Waals surface area contributed by atoms with Gasteiger partial charge in [0.1, 0.15) is 5.82 Å². The van der Waals surface area contributed by atoms with Crippen molar-refractivity contribution in [1.29, 1.82) is 0 Å². The molecule has 1 aromatic rings. The molecular formula is C10H11Cl2F4NO. The maximum Gasteiger partial charge on any atom is 0.416 e. The zero-order valence-electron chi connectivity index (χ0n) is 9.13. The summed E-state index contributed by atoms with van der Waals surface area (Å²) in [6, 6.07) is 0.315. The lowest BCUT2D eigenvalue weighted by Gasteiger charge is -2.23. The summed E-state index contributed by atoms with van der Waals surface area (Å²) in [6.07, 6.45) is -7.80. The van der Waals surface area contributed by atoms with E-state index in [-0.39, 0.29) is 17.4 Å². The van der Waals surface area contributed by atoms with E-state index in [1.54, 1.807) is 0 Å². The molecule has 0 spiro atoms. The van der Waals surface area contributed by atoms with Gasteiger partial charge in [0, 0.05) is 5.56 Å². The van der Waals surface area contributed by atoms with Crippen molar-refractivity contribution in [2.45, 2.75) is 25.2 Å². The number of nitrogens with two attached hydrogens (primary N) is 1. The molecular weight excluding hydrogens is 297 g/mol. The largest absolute Gasteiger partial charge is 0.416 e. The summed E-state index contributed by atoms with van der Waals surface area (Å²) in [5.41, 5.74) is 5.05. The Morgan fingerprint density at radius 1 is 1.33 bits per heavy atom. The Morgan fingerprint density at radius 2 is 1.83 bits per heavy atom. The first-order valence-electron chi connectivity index (χ1n) is 4.61. The van der Waals surface area contributed by atoms with Crippen molar-refractivity contribution in [2.24, 2.45) is 5.73 Å². The van der Waals surface area contributed by atoms with Crippen LogP contribution in [0.15, 0.2) is 12.1 Å². The predicted octanol–water partition coefficient (Wildman–Crippen LogP) is 3.13. The number of aliphatic hydroxyl groups excluding tert-OH is 1. The van der Waals surface area contributed by atoms with Crippen LogP contribution in [-0.2, 0) is 0 Å². The minimum Gasteiger partial charge on any atom is -0.382 e. The number of benzene rings is 1. The van der Waals surface area contributed by atoms with Gasteiger partial charge in [-0.15, -0.1) is 12.4 Å². The van der Waals surface area contributed by atoms with Gasteiger partial charge in [0.05, 0.1) is 11.1 Å². The Labute approximate surface area is 112 Å². The van der Waals surface area contributed by atoms with E-state index in [0.29, 0.717) is 5.56 Å². The van der Waals surface area contributed by atoms with Gasteiger partial charge in [-0.2, -0.15) is 13.2 Å². The standard InChI is InChI=1S/C10H10ClF4NO.ClH/c1-4-2-3-5(12)6(7(4)11)8(16)9(17)10(13,14)15;/h2-3,8-9,17H,16H2,1H3;1H/t8-,9-;/m0./s1. The molecule has 1 aromatic carbocycles. The van der Waals surface area contributed by atoms with E-state index in [2.05, 4.69) is 0 Å². The lowest BCUT2D eigenvalue weighted by atomic mass is 9.99. The van der Waals surface area contributed by atoms with E-state index in [4.69, 9.17) is 22.4 Å². The Morgan fingerprint density at radius 3 is 2.28 bits per heavy atom. The number of aliphatic hydroxyl groups is 1. The van der Waals surface area contributed by atoms with Crippen LogP contribution in [0.2, 0.25) is 5.02 Å². The molecule has 1 rings (SSSR count). The van der Waals surface area contributed by atoms with E-state index < -0.39 is 29.7 Å². The molecule has 2 atom stereocenters. The highest BCUT2D eigenvalue weighted by Crippen LogP contribution is 2.34. The molecule has 0 aliphatic carbocycles. The molecule has 8 heteroatoms. The molecule has 3 N–H and O–H groups in total. The number of halogens is 6. The minimum absolute atomic E-state index is 0. The lowest BCUT2D eigenvalue weighted by molar-refractivity contribution is -0.210. The number of hydrogen-bond acceptors (Lipinski definition) is 2. The fraction of sp³-hybridized carbons (Fsp3) is 0.400. The average Bonchev–Trinajstić information content (AvgIpc) is 2.21. The second-order valence-corrected chi connectivity index (χ2v) is 3.98. The maximum absolute atomic E-state index is 13.4. The molecule has 0 saturated carbocycles. The van der Waals surface area contributed by atoms with E-state index in [1.807, 2.05) is 0 Å². The predicted molar refractivity (Wildman–Crippen MR) is 62.4 cm³/mol. The number of rotatable bonds is 2. The Kier molecular flexibility index (Phi) is 5.87. The third kappa shape index (κ3) is 3.47. The van der Waals surface area contributed by atoms with Crippen LogP contribution in [-0.4, -0.2) is 17.4 Å². The van der Waals surface area contributed by atoms with Crippen molar-refractivity contribution >= 4 is 24.0 Å². The second-order valence-electron chi connectivity index (χ2n) is 3.60. The van der Waals surface area contributed by atoms with E-state index in [0.717, 1.165) is 6.07 Å². The fourth-order valence-corrected chi connectivity index (χ4v) is 1.62. The van der Waals surface area contributed by atoms with Crippen LogP contribution in [0.3, 0.4) is 0 Å². The molecule has 0 aliphatic rings. The van der Waals surface area contributed by atoms with Crippen molar-refractivity contribution in [3.8, 4) is 0 Å². The van der Waals surface area contributed by atoms with Crippen LogP contribution in [0, 0.1) is 12.7 Å². The molecule has 0 bridgehead atoms. The topological polar surface area (TPSA) is 46.2 Å². The lowest BCUT2D eigenvalue weighted by Crippen LogP contribution is -2.39. The Bertz CT molecular complexity index is 425. The molecule has 0 amide bonds. The SMILES string of the molecule is Cc1ccc(F)c([C@H](N)[C@H](O)C(F)(F)F)c1Cl.Cl. The molecule has 18 heavy (non-hydrogen) atoms. The molecule has 0 radical (unpaired) electrons. The van der Waals surface area contributed by atoms with E-state index in [1.165, 1.54) is 13.0 Å². The third-order valence-corrected chi connectivity index (χ3v) is 2.83. The van der Waals surface area contributed by atoms with Gasteiger partial charge in [-0.05, 0) is 18.6 Å². The second kappa shape index (κ2) is 6.06. The zero-order chi connectivity index (χ0) is 13.4. The monoisotopic (exact) mass is 307 g/mol. The Hall–Kier alpha value is -0.560.